The highest BCUT2D eigenvalue weighted by Gasteiger charge is 2.38. The summed E-state index contributed by atoms with van der Waals surface area (Å²) in [6.07, 6.45) is 5.56. The van der Waals surface area contributed by atoms with Crippen molar-refractivity contribution in [2.24, 2.45) is 0 Å². The van der Waals surface area contributed by atoms with Gasteiger partial charge in [-0.15, -0.1) is 6.42 Å². The lowest BCUT2D eigenvalue weighted by molar-refractivity contribution is 0.0407. The average Bonchev–Trinajstić information content (AvgIpc) is 2.52. The summed E-state index contributed by atoms with van der Waals surface area (Å²) in [4.78, 5) is 61.0. The van der Waals surface area contributed by atoms with E-state index in [1.807, 2.05) is 4.98 Å². The molecule has 29 heavy (non-hydrogen) atoms. The maximum absolute atomic E-state index is 11.8. The van der Waals surface area contributed by atoms with Gasteiger partial charge in [0.05, 0.1) is 12.7 Å². The van der Waals surface area contributed by atoms with Gasteiger partial charge in [0, 0.05) is 25.8 Å². The van der Waals surface area contributed by atoms with Crippen molar-refractivity contribution in [3.8, 4) is 12.3 Å². The van der Waals surface area contributed by atoms with Crippen LogP contribution < -0.4 is 11.2 Å². The number of methoxy groups -OCH3 is 1. The van der Waals surface area contributed by atoms with Gasteiger partial charge in [-0.2, -0.15) is 4.31 Å². The number of aromatic amines is 1. The molecule has 0 saturated heterocycles. The third-order valence-corrected chi connectivity index (χ3v) is 7.76. The second-order valence-electron chi connectivity index (χ2n) is 5.18. The minimum atomic E-state index is -5.44. The molecule has 0 aliphatic carbocycles. The molecular formula is C11H17N2O12P3S. The molecule has 164 valence electrons. The monoisotopic (exact) mass is 494 g/mol. The summed E-state index contributed by atoms with van der Waals surface area (Å²) in [5.74, 6) is 2.31. The first kappa shape index (κ1) is 26.1. The second-order valence-corrected chi connectivity index (χ2v) is 11.0. The summed E-state index contributed by atoms with van der Waals surface area (Å²) < 4.78 is 40.6. The lowest BCUT2D eigenvalue weighted by Crippen LogP contribution is -2.33. The number of phosphoric acid groups is 2. The number of H-pyrrole nitrogens is 1. The zero-order valence-electron chi connectivity index (χ0n) is 14.6. The molecule has 1 heterocycles. The molecule has 1 rings (SSSR count). The summed E-state index contributed by atoms with van der Waals surface area (Å²) in [5.41, 5.74) is -1.40. The molecule has 0 aliphatic rings. The van der Waals surface area contributed by atoms with E-state index in [0.29, 0.717) is 0 Å². The van der Waals surface area contributed by atoms with Crippen molar-refractivity contribution in [2.45, 2.75) is 18.6 Å². The summed E-state index contributed by atoms with van der Waals surface area (Å²) in [7, 11) is -9.63. The van der Waals surface area contributed by atoms with Crippen molar-refractivity contribution in [2.75, 3.05) is 13.7 Å². The van der Waals surface area contributed by atoms with Gasteiger partial charge in [-0.3, -0.25) is 14.3 Å². The van der Waals surface area contributed by atoms with Crippen molar-refractivity contribution in [3.63, 3.8) is 0 Å². The van der Waals surface area contributed by atoms with Crippen LogP contribution in [-0.2, 0) is 38.8 Å². The Morgan fingerprint density at radius 3 is 2.38 bits per heavy atom. The van der Waals surface area contributed by atoms with Crippen LogP contribution in [0.5, 0.6) is 0 Å². The van der Waals surface area contributed by atoms with E-state index in [9.17, 15) is 28.5 Å². The molecule has 0 aromatic carbocycles. The topological polar surface area (TPSA) is 207 Å². The van der Waals surface area contributed by atoms with Crippen LogP contribution in [0.4, 0.5) is 0 Å². The molecule has 0 radical (unpaired) electrons. The molecule has 0 fully saturated rings. The molecule has 18 heteroatoms. The average molecular weight is 494 g/mol. The van der Waals surface area contributed by atoms with E-state index in [1.165, 1.54) is 13.3 Å². The van der Waals surface area contributed by atoms with Crippen molar-refractivity contribution >= 4 is 34.2 Å². The van der Waals surface area contributed by atoms with E-state index in [1.54, 1.807) is 0 Å². The summed E-state index contributed by atoms with van der Waals surface area (Å²) in [6.45, 7) is -5.05. The SMILES string of the molecule is C#CC(CC(COP(O)(=S)OP(=O)(O)OP(=O)(O)O)OC)n1ccc(=O)[nH]c1=O. The van der Waals surface area contributed by atoms with Gasteiger partial charge in [0.2, 0.25) is 0 Å². The first-order valence-corrected chi connectivity index (χ1v) is 12.9. The Balaban J connectivity index is 2.82. The number of rotatable bonds is 11. The first-order chi connectivity index (χ1) is 13.2. The molecule has 0 aliphatic heterocycles. The zero-order valence-corrected chi connectivity index (χ0v) is 18.1. The molecule has 0 spiro atoms. The highest BCUT2D eigenvalue weighted by molar-refractivity contribution is 8.08. The molecular weight excluding hydrogens is 477 g/mol. The number of hydrogen-bond acceptors (Lipinski definition) is 9. The lowest BCUT2D eigenvalue weighted by Gasteiger charge is -2.23. The second kappa shape index (κ2) is 10.4. The quantitative estimate of drug-likeness (QED) is 0.196. The summed E-state index contributed by atoms with van der Waals surface area (Å²) in [6, 6.07) is 0.165. The maximum Gasteiger partial charge on any atom is 0.488 e. The fourth-order valence-corrected chi connectivity index (χ4v) is 5.89. The van der Waals surface area contributed by atoms with Crippen LogP contribution >= 0.6 is 22.4 Å². The van der Waals surface area contributed by atoms with E-state index in [0.717, 1.165) is 10.6 Å². The van der Waals surface area contributed by atoms with E-state index >= 15 is 0 Å². The van der Waals surface area contributed by atoms with E-state index in [-0.39, 0.29) is 6.42 Å². The standard InChI is InChI=1S/C11H17N2O12P3S/c1-3-8(13-5-4-10(14)12-11(13)15)6-9(22-2)7-23-28(21,29)25-27(19,20)24-26(16,17)18/h1,4-5,8-9H,6-7H2,2H3,(H,19,20)(H,21,29)(H,12,14,15)(H2,16,17,18). The predicted molar refractivity (Wildman–Crippen MR) is 101 cm³/mol. The zero-order chi connectivity index (χ0) is 22.5. The fraction of sp³-hybridized carbons (Fsp3) is 0.455. The molecule has 1 aromatic rings. The molecule has 0 saturated carbocycles. The van der Waals surface area contributed by atoms with Gasteiger partial charge in [0.15, 0.2) is 0 Å². The maximum atomic E-state index is 11.8. The Hall–Kier alpha value is -0.970. The lowest BCUT2D eigenvalue weighted by atomic mass is 10.1. The smallest absolute Gasteiger partial charge is 0.379 e. The molecule has 4 unspecified atom stereocenters. The number of ether oxygens (including phenoxy) is 1. The Morgan fingerprint density at radius 2 is 1.90 bits per heavy atom. The minimum Gasteiger partial charge on any atom is -0.379 e. The van der Waals surface area contributed by atoms with Gasteiger partial charge in [0.25, 0.3) is 5.56 Å². The summed E-state index contributed by atoms with van der Waals surface area (Å²) >= 11 is 4.48. The van der Waals surface area contributed by atoms with Gasteiger partial charge >= 0.3 is 28.1 Å². The van der Waals surface area contributed by atoms with Crippen LogP contribution in [0.3, 0.4) is 0 Å². The van der Waals surface area contributed by atoms with Crippen LogP contribution in [-0.4, -0.2) is 48.9 Å². The van der Waals surface area contributed by atoms with Crippen molar-refractivity contribution in [1.82, 2.24) is 9.55 Å². The largest absolute Gasteiger partial charge is 0.488 e. The molecule has 0 bridgehead atoms. The number of hydrogen-bond donors (Lipinski definition) is 5. The van der Waals surface area contributed by atoms with Crippen LogP contribution in [0, 0.1) is 12.3 Å². The highest BCUT2D eigenvalue weighted by Crippen LogP contribution is 2.66. The third-order valence-electron chi connectivity index (χ3n) is 3.04. The van der Waals surface area contributed by atoms with Crippen LogP contribution in [0.15, 0.2) is 21.9 Å². The fourth-order valence-electron chi connectivity index (χ4n) is 1.90. The highest BCUT2D eigenvalue weighted by atomic mass is 32.5. The number of aromatic nitrogens is 2. The Bertz CT molecular complexity index is 1010. The van der Waals surface area contributed by atoms with Crippen molar-refractivity contribution < 1.29 is 46.6 Å². The molecule has 1 aromatic heterocycles. The van der Waals surface area contributed by atoms with Gasteiger partial charge < -0.3 is 28.8 Å². The molecule has 0 amide bonds. The van der Waals surface area contributed by atoms with E-state index in [4.69, 9.17) is 25.5 Å². The third kappa shape index (κ3) is 9.59. The van der Waals surface area contributed by atoms with Crippen LogP contribution in [0.25, 0.3) is 0 Å². The van der Waals surface area contributed by atoms with Crippen LogP contribution in [0.1, 0.15) is 12.5 Å². The van der Waals surface area contributed by atoms with Crippen molar-refractivity contribution in [3.05, 3.63) is 33.1 Å². The van der Waals surface area contributed by atoms with Gasteiger partial charge in [-0.25, -0.2) is 18.2 Å². The Kier molecular flexibility index (Phi) is 9.32. The first-order valence-electron chi connectivity index (χ1n) is 7.27. The summed E-state index contributed by atoms with van der Waals surface area (Å²) in [5, 5.41) is 0. The van der Waals surface area contributed by atoms with Gasteiger partial charge in [-0.1, -0.05) is 5.92 Å². The Labute approximate surface area is 168 Å². The number of terminal acetylenes is 1. The van der Waals surface area contributed by atoms with Crippen LogP contribution in [0.2, 0.25) is 0 Å². The predicted octanol–water partition coefficient (Wildman–Crippen LogP) is -0.424. The minimum absolute atomic E-state index is 0.0793. The molecule has 4 atom stereocenters. The Morgan fingerprint density at radius 1 is 1.28 bits per heavy atom. The molecule has 5 N–H and O–H groups in total. The van der Waals surface area contributed by atoms with Gasteiger partial charge in [0.1, 0.15) is 6.04 Å². The van der Waals surface area contributed by atoms with E-state index < -0.39 is 52.4 Å². The van der Waals surface area contributed by atoms with Crippen molar-refractivity contribution in [1.29, 1.82) is 0 Å². The van der Waals surface area contributed by atoms with E-state index in [2.05, 4.69) is 26.3 Å². The van der Waals surface area contributed by atoms with Gasteiger partial charge in [-0.05, 0) is 11.8 Å². The number of nitrogens with zero attached hydrogens (tertiary/aromatic N) is 1. The normalized spacial score (nSPS) is 18.2. The number of nitrogens with one attached hydrogen (secondary N) is 1. The molecule has 14 nitrogen and oxygen atoms in total.